The largest absolute Gasteiger partial charge is 0.416 e. The molecular formula is C16H19F3N2O3S. The maximum atomic E-state index is 12.6. The fourth-order valence-electron chi connectivity index (χ4n) is 3.74. The van der Waals surface area contributed by atoms with E-state index >= 15 is 0 Å². The van der Waals surface area contributed by atoms with E-state index < -0.39 is 26.8 Å². The minimum Gasteiger partial charge on any atom is -0.318 e. The van der Waals surface area contributed by atoms with Crippen LogP contribution in [0.3, 0.4) is 0 Å². The first-order valence-electron chi connectivity index (χ1n) is 8.01. The second-order valence-corrected chi connectivity index (χ2v) is 9.05. The van der Waals surface area contributed by atoms with Crippen molar-refractivity contribution in [3.63, 3.8) is 0 Å². The third-order valence-corrected chi connectivity index (χ3v) is 6.59. The molecular weight excluding hydrogens is 357 g/mol. The van der Waals surface area contributed by atoms with E-state index in [2.05, 4.69) is 5.32 Å². The van der Waals surface area contributed by atoms with Crippen LogP contribution in [0.2, 0.25) is 0 Å². The summed E-state index contributed by atoms with van der Waals surface area (Å²) in [5, 5.41) is 2.18. The number of hydrogen-bond acceptors (Lipinski definition) is 3. The number of hydrogen-bond donors (Lipinski definition) is 1. The number of benzene rings is 1. The fraction of sp³-hybridized carbons (Fsp3) is 0.562. The quantitative estimate of drug-likeness (QED) is 0.861. The first-order valence-corrected chi connectivity index (χ1v) is 9.96. The molecule has 1 aromatic rings. The fourth-order valence-corrected chi connectivity index (χ4v) is 4.88. The SMILES string of the molecule is CS(=O)(=O)C1CC2CCC(C1)N2C(=O)Nc1ccc(C(F)(F)F)cc1. The Labute approximate surface area is 144 Å². The molecule has 2 heterocycles. The molecule has 0 aliphatic carbocycles. The zero-order chi connectivity index (χ0) is 18.4. The molecule has 2 aliphatic rings. The Morgan fingerprint density at radius 3 is 2.08 bits per heavy atom. The molecule has 5 nitrogen and oxygen atoms in total. The Bertz CT molecular complexity index is 748. The number of urea groups is 1. The Kier molecular flexibility index (Phi) is 4.47. The van der Waals surface area contributed by atoms with E-state index in [0.29, 0.717) is 12.8 Å². The highest BCUT2D eigenvalue weighted by molar-refractivity contribution is 7.91. The third kappa shape index (κ3) is 3.75. The zero-order valence-corrected chi connectivity index (χ0v) is 14.4. The summed E-state index contributed by atoms with van der Waals surface area (Å²) >= 11 is 0. The van der Waals surface area contributed by atoms with E-state index in [1.54, 1.807) is 4.90 Å². The molecule has 0 saturated carbocycles. The van der Waals surface area contributed by atoms with Crippen LogP contribution in [0, 0.1) is 0 Å². The van der Waals surface area contributed by atoms with Gasteiger partial charge in [0.25, 0.3) is 0 Å². The average molecular weight is 376 g/mol. The topological polar surface area (TPSA) is 66.5 Å². The van der Waals surface area contributed by atoms with E-state index in [1.807, 2.05) is 0 Å². The number of carbonyl (C=O) groups is 1. The normalized spacial score (nSPS) is 26.6. The van der Waals surface area contributed by atoms with Gasteiger partial charge in [-0.2, -0.15) is 13.2 Å². The molecule has 0 aromatic heterocycles. The van der Waals surface area contributed by atoms with Gasteiger partial charge in [0, 0.05) is 24.0 Å². The van der Waals surface area contributed by atoms with Gasteiger partial charge in [0.05, 0.1) is 10.8 Å². The molecule has 2 atom stereocenters. The number of nitrogens with zero attached hydrogens (tertiary/aromatic N) is 1. The summed E-state index contributed by atoms with van der Waals surface area (Å²) in [7, 11) is -3.14. The number of carbonyl (C=O) groups excluding carboxylic acids is 1. The van der Waals surface area contributed by atoms with E-state index in [0.717, 1.165) is 25.0 Å². The van der Waals surface area contributed by atoms with Gasteiger partial charge in [0.15, 0.2) is 0 Å². The van der Waals surface area contributed by atoms with Crippen molar-refractivity contribution in [3.05, 3.63) is 29.8 Å². The number of amides is 2. The number of sulfone groups is 1. The van der Waals surface area contributed by atoms with Crippen molar-refractivity contribution in [2.24, 2.45) is 0 Å². The number of piperidine rings is 1. The molecule has 2 aliphatic heterocycles. The van der Waals surface area contributed by atoms with E-state index in [1.165, 1.54) is 18.4 Å². The lowest BCUT2D eigenvalue weighted by molar-refractivity contribution is -0.137. The highest BCUT2D eigenvalue weighted by Crippen LogP contribution is 2.38. The maximum absolute atomic E-state index is 12.6. The molecule has 3 rings (SSSR count). The van der Waals surface area contributed by atoms with Crippen LogP contribution in [-0.4, -0.2) is 42.9 Å². The number of fused-ring (bicyclic) bond motifs is 2. The van der Waals surface area contributed by atoms with E-state index in [4.69, 9.17) is 0 Å². The van der Waals surface area contributed by atoms with Crippen molar-refractivity contribution in [2.75, 3.05) is 11.6 Å². The van der Waals surface area contributed by atoms with Crippen LogP contribution in [0.25, 0.3) is 0 Å². The molecule has 2 saturated heterocycles. The van der Waals surface area contributed by atoms with Gasteiger partial charge in [-0.3, -0.25) is 0 Å². The standard InChI is InChI=1S/C16H19F3N2O3S/c1-25(23,24)14-8-12-6-7-13(9-14)21(12)15(22)20-11-4-2-10(3-5-11)16(17,18)19/h2-5,12-14H,6-9H2,1H3,(H,20,22). The molecule has 2 bridgehead atoms. The summed E-state index contributed by atoms with van der Waals surface area (Å²) in [6, 6.07) is 3.58. The van der Waals surface area contributed by atoms with Crippen LogP contribution >= 0.6 is 0 Å². The van der Waals surface area contributed by atoms with Crippen LogP contribution < -0.4 is 5.32 Å². The number of anilines is 1. The first kappa shape index (κ1) is 18.0. The molecule has 0 spiro atoms. The Morgan fingerprint density at radius 2 is 1.64 bits per heavy atom. The number of nitrogens with one attached hydrogen (secondary N) is 1. The van der Waals surface area contributed by atoms with Gasteiger partial charge in [-0.1, -0.05) is 0 Å². The van der Waals surface area contributed by atoms with Gasteiger partial charge in [-0.15, -0.1) is 0 Å². The van der Waals surface area contributed by atoms with Crippen molar-refractivity contribution in [3.8, 4) is 0 Å². The highest BCUT2D eigenvalue weighted by Gasteiger charge is 2.45. The summed E-state index contributed by atoms with van der Waals surface area (Å²) < 4.78 is 61.3. The lowest BCUT2D eigenvalue weighted by Crippen LogP contribution is -2.51. The van der Waals surface area contributed by atoms with Crippen LogP contribution in [0.4, 0.5) is 23.7 Å². The lowest BCUT2D eigenvalue weighted by Gasteiger charge is -2.38. The van der Waals surface area contributed by atoms with Crippen molar-refractivity contribution in [1.29, 1.82) is 0 Å². The Balaban J connectivity index is 1.69. The average Bonchev–Trinajstić information content (AvgIpc) is 2.76. The van der Waals surface area contributed by atoms with Gasteiger partial charge >= 0.3 is 12.2 Å². The van der Waals surface area contributed by atoms with Gasteiger partial charge in [0.1, 0.15) is 9.84 Å². The molecule has 0 radical (unpaired) electrons. The summed E-state index contributed by atoms with van der Waals surface area (Å²) in [4.78, 5) is 14.2. The van der Waals surface area contributed by atoms with Gasteiger partial charge in [0.2, 0.25) is 0 Å². The van der Waals surface area contributed by atoms with Crippen LogP contribution in [0.1, 0.15) is 31.2 Å². The predicted octanol–water partition coefficient (Wildman–Crippen LogP) is 3.28. The lowest BCUT2D eigenvalue weighted by atomic mass is 10.0. The third-order valence-electron chi connectivity index (χ3n) is 4.99. The zero-order valence-electron chi connectivity index (χ0n) is 13.6. The molecule has 1 N–H and O–H groups in total. The van der Waals surface area contributed by atoms with Crippen molar-refractivity contribution < 1.29 is 26.4 Å². The van der Waals surface area contributed by atoms with E-state index in [9.17, 15) is 26.4 Å². The van der Waals surface area contributed by atoms with Gasteiger partial charge < -0.3 is 10.2 Å². The van der Waals surface area contributed by atoms with Crippen molar-refractivity contribution in [1.82, 2.24) is 4.90 Å². The molecule has 25 heavy (non-hydrogen) atoms. The van der Waals surface area contributed by atoms with Crippen molar-refractivity contribution in [2.45, 2.75) is 49.2 Å². The highest BCUT2D eigenvalue weighted by atomic mass is 32.2. The second kappa shape index (κ2) is 6.19. The minimum atomic E-state index is -4.42. The van der Waals surface area contributed by atoms with Crippen LogP contribution in [0.15, 0.2) is 24.3 Å². The monoisotopic (exact) mass is 376 g/mol. The summed E-state index contributed by atoms with van der Waals surface area (Å²) in [5.74, 6) is 0. The van der Waals surface area contributed by atoms with Gasteiger partial charge in [-0.05, 0) is 49.9 Å². The number of halogens is 3. The smallest absolute Gasteiger partial charge is 0.318 e. The molecule has 2 amide bonds. The first-order chi connectivity index (χ1) is 11.6. The predicted molar refractivity (Wildman–Crippen MR) is 87.0 cm³/mol. The van der Waals surface area contributed by atoms with Crippen LogP contribution in [0.5, 0.6) is 0 Å². The minimum absolute atomic E-state index is 0.145. The maximum Gasteiger partial charge on any atom is 0.416 e. The summed E-state index contributed by atoms with van der Waals surface area (Å²) in [5.41, 5.74) is -0.498. The molecule has 2 fully saturated rings. The molecule has 2 unspecified atom stereocenters. The van der Waals surface area contributed by atoms with Crippen molar-refractivity contribution >= 4 is 21.6 Å². The summed E-state index contributed by atoms with van der Waals surface area (Å²) in [6.45, 7) is 0. The van der Waals surface area contributed by atoms with Crippen LogP contribution in [-0.2, 0) is 16.0 Å². The Hall–Kier alpha value is -1.77. The summed E-state index contributed by atoms with van der Waals surface area (Å²) in [6.07, 6.45) is -0.885. The molecule has 9 heteroatoms. The number of alkyl halides is 3. The number of rotatable bonds is 2. The van der Waals surface area contributed by atoms with E-state index in [-0.39, 0.29) is 23.8 Å². The second-order valence-electron chi connectivity index (χ2n) is 6.72. The van der Waals surface area contributed by atoms with Gasteiger partial charge in [-0.25, -0.2) is 13.2 Å². The molecule has 1 aromatic carbocycles. The molecule has 138 valence electrons. The Morgan fingerprint density at radius 1 is 1.12 bits per heavy atom.